The maximum Gasteiger partial charge on any atom is 0.0252 e. The van der Waals surface area contributed by atoms with Gasteiger partial charge in [0.25, 0.3) is 0 Å². The van der Waals surface area contributed by atoms with E-state index in [9.17, 15) is 0 Å². The molecule has 2 N–H and O–H groups in total. The number of allylic oxidation sites excluding steroid dienone is 2. The summed E-state index contributed by atoms with van der Waals surface area (Å²) < 4.78 is 0. The Morgan fingerprint density at radius 1 is 1.42 bits per heavy atom. The highest BCUT2D eigenvalue weighted by Gasteiger charge is 2.01. The van der Waals surface area contributed by atoms with E-state index < -0.39 is 0 Å². The Balaban J connectivity index is 4.71. The number of rotatable bonds is 4. The van der Waals surface area contributed by atoms with Gasteiger partial charge in [0, 0.05) is 12.8 Å². The van der Waals surface area contributed by atoms with E-state index >= 15 is 0 Å². The van der Waals surface area contributed by atoms with Gasteiger partial charge in [0.05, 0.1) is 0 Å². The predicted octanol–water partition coefficient (Wildman–Crippen LogP) is 2.14. The van der Waals surface area contributed by atoms with E-state index in [4.69, 9.17) is 5.41 Å². The van der Waals surface area contributed by atoms with Crippen LogP contribution in [0.25, 0.3) is 0 Å². The lowest BCUT2D eigenvalue weighted by atomic mass is 10.0. The molecule has 2 heteroatoms. The van der Waals surface area contributed by atoms with Gasteiger partial charge < -0.3 is 10.7 Å². The molecule has 0 saturated heterocycles. The number of hydrogen-bond donors (Lipinski definition) is 2. The normalized spacial score (nSPS) is 11.2. The first-order valence-corrected chi connectivity index (χ1v) is 4.15. The molecule has 0 saturated carbocycles. The van der Waals surface area contributed by atoms with Crippen LogP contribution < -0.4 is 5.32 Å². The molecule has 0 aromatic carbocycles. The van der Waals surface area contributed by atoms with Crippen LogP contribution in [0.3, 0.4) is 0 Å². The van der Waals surface area contributed by atoms with Crippen molar-refractivity contribution in [2.75, 3.05) is 13.6 Å². The standard InChI is InChI=1S/C10H18N2/c1-5-9(7-12-4)10(6-11)8(2)3/h5-6,11-12H,7H2,1-4H3/b9-5+,11-6?. The summed E-state index contributed by atoms with van der Waals surface area (Å²) in [6.07, 6.45) is 3.46. The summed E-state index contributed by atoms with van der Waals surface area (Å²) in [5.74, 6) is 0. The second-order valence-electron chi connectivity index (χ2n) is 2.90. The Bertz CT molecular complexity index is 208. The highest BCUT2D eigenvalue weighted by molar-refractivity contribution is 5.83. The monoisotopic (exact) mass is 166 g/mol. The van der Waals surface area contributed by atoms with Gasteiger partial charge in [-0.05, 0) is 39.0 Å². The van der Waals surface area contributed by atoms with E-state index in [0.29, 0.717) is 0 Å². The van der Waals surface area contributed by atoms with Crippen LogP contribution in [0, 0.1) is 5.41 Å². The lowest BCUT2D eigenvalue weighted by molar-refractivity contribution is 0.887. The number of nitrogens with one attached hydrogen (secondary N) is 2. The molecule has 0 aliphatic heterocycles. The first-order chi connectivity index (χ1) is 5.67. The summed E-state index contributed by atoms with van der Waals surface area (Å²) >= 11 is 0. The molecule has 0 spiro atoms. The van der Waals surface area contributed by atoms with Gasteiger partial charge in [0.2, 0.25) is 0 Å². The highest BCUT2D eigenvalue weighted by atomic mass is 14.8. The third kappa shape index (κ3) is 3.01. The fourth-order valence-corrected chi connectivity index (χ4v) is 1.10. The molecule has 0 fully saturated rings. The van der Waals surface area contributed by atoms with E-state index in [2.05, 4.69) is 5.32 Å². The minimum absolute atomic E-state index is 0.826. The number of likely N-dealkylation sites (N-methyl/N-ethyl adjacent to an activating group) is 1. The summed E-state index contributed by atoms with van der Waals surface area (Å²) in [7, 11) is 1.91. The molecule has 0 aliphatic rings. The van der Waals surface area contributed by atoms with Crippen LogP contribution in [0.2, 0.25) is 0 Å². The highest BCUT2D eigenvalue weighted by Crippen LogP contribution is 2.11. The van der Waals surface area contributed by atoms with Crippen molar-refractivity contribution in [1.29, 1.82) is 5.41 Å². The molecule has 0 atom stereocenters. The van der Waals surface area contributed by atoms with Crippen LogP contribution >= 0.6 is 0 Å². The summed E-state index contributed by atoms with van der Waals surface area (Å²) in [5, 5.41) is 10.3. The van der Waals surface area contributed by atoms with Crippen LogP contribution in [0.15, 0.2) is 22.8 Å². The molecule has 0 amide bonds. The molecule has 0 unspecified atom stereocenters. The van der Waals surface area contributed by atoms with E-state index in [-0.39, 0.29) is 0 Å². The maximum absolute atomic E-state index is 7.25. The largest absolute Gasteiger partial charge is 0.316 e. The van der Waals surface area contributed by atoms with Crippen molar-refractivity contribution in [3.63, 3.8) is 0 Å². The minimum atomic E-state index is 0.826. The lowest BCUT2D eigenvalue weighted by Gasteiger charge is -2.08. The average molecular weight is 166 g/mol. The van der Waals surface area contributed by atoms with Crippen molar-refractivity contribution < 1.29 is 0 Å². The molecule has 0 bridgehead atoms. The van der Waals surface area contributed by atoms with Gasteiger partial charge >= 0.3 is 0 Å². The average Bonchev–Trinajstić information content (AvgIpc) is 2.03. The molecule has 12 heavy (non-hydrogen) atoms. The van der Waals surface area contributed by atoms with Gasteiger partial charge in [-0.25, -0.2) is 0 Å². The molecule has 68 valence electrons. The van der Waals surface area contributed by atoms with Crippen LogP contribution in [-0.4, -0.2) is 19.8 Å². The minimum Gasteiger partial charge on any atom is -0.316 e. The van der Waals surface area contributed by atoms with Crippen molar-refractivity contribution in [1.82, 2.24) is 5.32 Å². The van der Waals surface area contributed by atoms with Gasteiger partial charge in [-0.3, -0.25) is 0 Å². The SMILES string of the molecule is C/C=C(\CNC)C(C=N)=C(C)C. The Kier molecular flexibility index (Phi) is 5.30. The zero-order valence-electron chi connectivity index (χ0n) is 8.36. The molecule has 2 nitrogen and oxygen atoms in total. The summed E-state index contributed by atoms with van der Waals surface area (Å²) in [5.41, 5.74) is 3.41. The van der Waals surface area contributed by atoms with Gasteiger partial charge in [-0.15, -0.1) is 0 Å². The topological polar surface area (TPSA) is 35.9 Å². The van der Waals surface area contributed by atoms with Crippen molar-refractivity contribution in [2.24, 2.45) is 0 Å². The van der Waals surface area contributed by atoms with Gasteiger partial charge in [-0.1, -0.05) is 11.6 Å². The fraction of sp³-hybridized carbons (Fsp3) is 0.500. The molecular formula is C10H18N2. The first kappa shape index (κ1) is 11.1. The third-order valence-corrected chi connectivity index (χ3v) is 1.74. The van der Waals surface area contributed by atoms with Crippen molar-refractivity contribution in [3.8, 4) is 0 Å². The molecule has 0 aliphatic carbocycles. The second-order valence-corrected chi connectivity index (χ2v) is 2.90. The Labute approximate surface area is 74.9 Å². The first-order valence-electron chi connectivity index (χ1n) is 4.15. The quantitative estimate of drug-likeness (QED) is 0.487. The van der Waals surface area contributed by atoms with Gasteiger partial charge in [-0.2, -0.15) is 0 Å². The molecule has 0 aromatic rings. The zero-order valence-corrected chi connectivity index (χ0v) is 8.36. The molecule has 0 radical (unpaired) electrons. The van der Waals surface area contributed by atoms with Crippen LogP contribution in [-0.2, 0) is 0 Å². The molecule has 0 aromatic heterocycles. The van der Waals surface area contributed by atoms with Crippen molar-refractivity contribution in [2.45, 2.75) is 20.8 Å². The van der Waals surface area contributed by atoms with Gasteiger partial charge in [0.15, 0.2) is 0 Å². The fourth-order valence-electron chi connectivity index (χ4n) is 1.10. The van der Waals surface area contributed by atoms with E-state index in [0.717, 1.165) is 12.1 Å². The maximum atomic E-state index is 7.25. The zero-order chi connectivity index (χ0) is 9.56. The lowest BCUT2D eigenvalue weighted by Crippen LogP contribution is -2.12. The number of hydrogen-bond acceptors (Lipinski definition) is 2. The smallest absolute Gasteiger partial charge is 0.0252 e. The molecular weight excluding hydrogens is 148 g/mol. The van der Waals surface area contributed by atoms with E-state index in [1.165, 1.54) is 17.4 Å². The Morgan fingerprint density at radius 2 is 2.00 bits per heavy atom. The Hall–Kier alpha value is -0.890. The third-order valence-electron chi connectivity index (χ3n) is 1.74. The molecule has 0 rings (SSSR count). The van der Waals surface area contributed by atoms with Crippen molar-refractivity contribution >= 4 is 6.21 Å². The van der Waals surface area contributed by atoms with E-state index in [1.807, 2.05) is 33.9 Å². The second kappa shape index (κ2) is 5.72. The van der Waals surface area contributed by atoms with Crippen LogP contribution in [0.5, 0.6) is 0 Å². The summed E-state index contributed by atoms with van der Waals surface area (Å²) in [4.78, 5) is 0. The van der Waals surface area contributed by atoms with Crippen LogP contribution in [0.4, 0.5) is 0 Å². The van der Waals surface area contributed by atoms with Gasteiger partial charge in [0.1, 0.15) is 0 Å². The Morgan fingerprint density at radius 3 is 2.25 bits per heavy atom. The van der Waals surface area contributed by atoms with Crippen LogP contribution in [0.1, 0.15) is 20.8 Å². The summed E-state index contributed by atoms with van der Waals surface area (Å²) in [6.45, 7) is 6.88. The predicted molar refractivity (Wildman–Crippen MR) is 54.8 cm³/mol. The summed E-state index contributed by atoms with van der Waals surface area (Å²) in [6, 6.07) is 0. The van der Waals surface area contributed by atoms with Crippen molar-refractivity contribution in [3.05, 3.63) is 22.8 Å². The van der Waals surface area contributed by atoms with E-state index in [1.54, 1.807) is 0 Å². The molecule has 0 heterocycles.